The summed E-state index contributed by atoms with van der Waals surface area (Å²) in [5.74, 6) is -0.100. The highest BCUT2D eigenvalue weighted by molar-refractivity contribution is 7.89. The van der Waals surface area contributed by atoms with Gasteiger partial charge >= 0.3 is 6.36 Å². The summed E-state index contributed by atoms with van der Waals surface area (Å²) in [5, 5.41) is 0. The summed E-state index contributed by atoms with van der Waals surface area (Å²) < 4.78 is 72.6. The SMILES string of the molecule is O=S(=O)(c1ccc(OC(F)(F)F)cc1)N1CCC(Oc2cnccn2)CC1. The summed E-state index contributed by atoms with van der Waals surface area (Å²) in [6.45, 7) is 0.460. The molecule has 0 spiro atoms. The van der Waals surface area contributed by atoms with Gasteiger partial charge < -0.3 is 9.47 Å². The van der Waals surface area contributed by atoms with E-state index in [0.717, 1.165) is 24.3 Å². The van der Waals surface area contributed by atoms with Crippen LogP contribution in [0.3, 0.4) is 0 Å². The van der Waals surface area contributed by atoms with Gasteiger partial charge in [0.25, 0.3) is 0 Å². The van der Waals surface area contributed by atoms with Crippen molar-refractivity contribution in [3.05, 3.63) is 42.9 Å². The molecule has 1 saturated heterocycles. The van der Waals surface area contributed by atoms with E-state index in [1.54, 1.807) is 0 Å². The standard InChI is InChI=1S/C16H16F3N3O4S/c17-16(18,19)26-13-1-3-14(4-2-13)27(23,24)22-9-5-12(6-10-22)25-15-11-20-7-8-21-15/h1-4,7-8,11-12H,5-6,9-10H2. The molecule has 0 saturated carbocycles. The van der Waals surface area contributed by atoms with Crippen molar-refractivity contribution in [3.8, 4) is 11.6 Å². The van der Waals surface area contributed by atoms with Crippen molar-refractivity contribution < 1.29 is 31.1 Å². The summed E-state index contributed by atoms with van der Waals surface area (Å²) in [7, 11) is -3.81. The average Bonchev–Trinajstić information content (AvgIpc) is 2.62. The van der Waals surface area contributed by atoms with Crippen molar-refractivity contribution in [2.24, 2.45) is 0 Å². The molecule has 0 unspecified atom stereocenters. The molecule has 1 aromatic heterocycles. The molecule has 1 aliphatic rings. The van der Waals surface area contributed by atoms with E-state index in [9.17, 15) is 21.6 Å². The lowest BCUT2D eigenvalue weighted by atomic mass is 10.1. The third-order valence-corrected chi connectivity index (χ3v) is 5.84. The van der Waals surface area contributed by atoms with Crippen molar-refractivity contribution in [2.75, 3.05) is 13.1 Å². The quantitative estimate of drug-likeness (QED) is 0.763. The molecule has 7 nitrogen and oxygen atoms in total. The Morgan fingerprint density at radius 3 is 2.30 bits per heavy atom. The number of nitrogens with zero attached hydrogens (tertiary/aromatic N) is 3. The van der Waals surface area contributed by atoms with E-state index in [1.165, 1.54) is 22.9 Å². The third kappa shape index (κ3) is 5.07. The van der Waals surface area contributed by atoms with Gasteiger partial charge in [-0.05, 0) is 37.1 Å². The minimum absolute atomic E-state index is 0.0923. The minimum Gasteiger partial charge on any atom is -0.473 e. The minimum atomic E-state index is -4.83. The predicted molar refractivity (Wildman–Crippen MR) is 87.6 cm³/mol. The van der Waals surface area contributed by atoms with E-state index < -0.39 is 22.1 Å². The average molecular weight is 403 g/mol. The first-order valence-corrected chi connectivity index (χ1v) is 9.47. The first-order chi connectivity index (χ1) is 12.7. The summed E-state index contributed by atoms with van der Waals surface area (Å²) in [6, 6.07) is 4.14. The Balaban J connectivity index is 1.61. The molecule has 27 heavy (non-hydrogen) atoms. The van der Waals surface area contributed by atoms with Gasteiger partial charge in [0.2, 0.25) is 15.9 Å². The number of rotatable bonds is 5. The monoisotopic (exact) mass is 403 g/mol. The van der Waals surface area contributed by atoms with Crippen LogP contribution in [0.25, 0.3) is 0 Å². The summed E-state index contributed by atoms with van der Waals surface area (Å²) >= 11 is 0. The smallest absolute Gasteiger partial charge is 0.473 e. The van der Waals surface area contributed by atoms with Crippen molar-refractivity contribution in [1.29, 1.82) is 0 Å². The number of sulfonamides is 1. The Labute approximate surface area is 153 Å². The van der Waals surface area contributed by atoms with Crippen molar-refractivity contribution in [3.63, 3.8) is 0 Å². The molecule has 146 valence electrons. The maximum atomic E-state index is 12.6. The Morgan fingerprint density at radius 2 is 1.74 bits per heavy atom. The normalized spacial score (nSPS) is 16.9. The van der Waals surface area contributed by atoms with E-state index in [1.807, 2.05) is 0 Å². The molecule has 3 rings (SSSR count). The molecular formula is C16H16F3N3O4S. The van der Waals surface area contributed by atoms with E-state index >= 15 is 0 Å². The Hall–Kier alpha value is -2.40. The van der Waals surface area contributed by atoms with Crippen LogP contribution in [0.5, 0.6) is 11.6 Å². The second-order valence-electron chi connectivity index (χ2n) is 5.78. The van der Waals surface area contributed by atoms with Gasteiger partial charge in [0.1, 0.15) is 11.9 Å². The Bertz CT molecular complexity index is 853. The van der Waals surface area contributed by atoms with Crippen LogP contribution in [0, 0.1) is 0 Å². The van der Waals surface area contributed by atoms with Crippen LogP contribution in [0.4, 0.5) is 13.2 Å². The lowest BCUT2D eigenvalue weighted by Crippen LogP contribution is -2.41. The fourth-order valence-corrected chi connectivity index (χ4v) is 4.14. The topological polar surface area (TPSA) is 81.6 Å². The largest absolute Gasteiger partial charge is 0.573 e. The van der Waals surface area contributed by atoms with Crippen LogP contribution in [0.15, 0.2) is 47.8 Å². The number of aromatic nitrogens is 2. The van der Waals surface area contributed by atoms with Gasteiger partial charge in [0, 0.05) is 25.5 Å². The van der Waals surface area contributed by atoms with Crippen LogP contribution < -0.4 is 9.47 Å². The molecule has 0 radical (unpaired) electrons. The van der Waals surface area contributed by atoms with Gasteiger partial charge in [0.15, 0.2) is 0 Å². The first kappa shape index (κ1) is 19.4. The van der Waals surface area contributed by atoms with Gasteiger partial charge in [-0.1, -0.05) is 0 Å². The van der Waals surface area contributed by atoms with E-state index in [0.29, 0.717) is 18.7 Å². The molecule has 1 fully saturated rings. The highest BCUT2D eigenvalue weighted by Crippen LogP contribution is 2.27. The van der Waals surface area contributed by atoms with Gasteiger partial charge in [0.05, 0.1) is 11.1 Å². The molecule has 0 aliphatic carbocycles. The third-order valence-electron chi connectivity index (χ3n) is 3.92. The first-order valence-electron chi connectivity index (χ1n) is 8.03. The zero-order chi connectivity index (χ0) is 19.5. The second-order valence-corrected chi connectivity index (χ2v) is 7.72. The lowest BCUT2D eigenvalue weighted by Gasteiger charge is -2.31. The summed E-state index contributed by atoms with van der Waals surface area (Å²) in [4.78, 5) is 7.82. The number of alkyl halides is 3. The number of hydrogen-bond acceptors (Lipinski definition) is 6. The molecule has 0 atom stereocenters. The summed E-state index contributed by atoms with van der Waals surface area (Å²) in [5.41, 5.74) is 0. The number of benzene rings is 1. The van der Waals surface area contributed by atoms with Crippen molar-refractivity contribution >= 4 is 10.0 Å². The fraction of sp³-hybridized carbons (Fsp3) is 0.375. The molecule has 2 aromatic rings. The molecule has 0 bridgehead atoms. The molecule has 1 aliphatic heterocycles. The van der Waals surface area contributed by atoms with E-state index in [2.05, 4.69) is 14.7 Å². The van der Waals surface area contributed by atoms with Crippen LogP contribution in [-0.2, 0) is 10.0 Å². The summed E-state index contributed by atoms with van der Waals surface area (Å²) in [6.07, 6.45) is 0.416. The second kappa shape index (κ2) is 7.69. The van der Waals surface area contributed by atoms with E-state index in [-0.39, 0.29) is 24.1 Å². The van der Waals surface area contributed by atoms with Crippen molar-refractivity contribution in [1.82, 2.24) is 14.3 Å². The molecule has 0 N–H and O–H groups in total. The predicted octanol–water partition coefficient (Wildman–Crippen LogP) is 2.61. The van der Waals surface area contributed by atoms with Gasteiger partial charge in [-0.25, -0.2) is 13.4 Å². The Morgan fingerprint density at radius 1 is 1.07 bits per heavy atom. The zero-order valence-corrected chi connectivity index (χ0v) is 14.8. The van der Waals surface area contributed by atoms with Gasteiger partial charge in [-0.2, -0.15) is 4.31 Å². The maximum absolute atomic E-state index is 12.6. The molecule has 1 aromatic carbocycles. The number of ether oxygens (including phenoxy) is 2. The number of hydrogen-bond donors (Lipinski definition) is 0. The van der Waals surface area contributed by atoms with Crippen LogP contribution in [0.2, 0.25) is 0 Å². The van der Waals surface area contributed by atoms with Gasteiger partial charge in [-0.15, -0.1) is 13.2 Å². The maximum Gasteiger partial charge on any atom is 0.573 e. The zero-order valence-electron chi connectivity index (χ0n) is 14.0. The van der Waals surface area contributed by atoms with Crippen LogP contribution in [-0.4, -0.2) is 48.2 Å². The molecule has 0 amide bonds. The van der Waals surface area contributed by atoms with Crippen LogP contribution in [0.1, 0.15) is 12.8 Å². The van der Waals surface area contributed by atoms with Crippen LogP contribution >= 0.6 is 0 Å². The number of piperidine rings is 1. The molecular weight excluding hydrogens is 387 g/mol. The molecule has 2 heterocycles. The Kier molecular flexibility index (Phi) is 5.51. The highest BCUT2D eigenvalue weighted by Gasteiger charge is 2.32. The lowest BCUT2D eigenvalue weighted by molar-refractivity contribution is -0.274. The van der Waals surface area contributed by atoms with E-state index in [4.69, 9.17) is 4.74 Å². The van der Waals surface area contributed by atoms with Crippen molar-refractivity contribution in [2.45, 2.75) is 30.2 Å². The van der Waals surface area contributed by atoms with Gasteiger partial charge in [-0.3, -0.25) is 4.98 Å². The highest BCUT2D eigenvalue weighted by atomic mass is 32.2. The fourth-order valence-electron chi connectivity index (χ4n) is 2.67. The molecule has 11 heteroatoms. The number of halogens is 3.